The fraction of sp³-hybridized carbons (Fsp3) is 0.562. The van der Waals surface area contributed by atoms with E-state index in [1.807, 2.05) is 0 Å². The maximum atomic E-state index is 9.06. The summed E-state index contributed by atoms with van der Waals surface area (Å²) in [6.45, 7) is 6.03. The van der Waals surface area contributed by atoms with Gasteiger partial charge in [-0.3, -0.25) is 4.90 Å². The van der Waals surface area contributed by atoms with E-state index < -0.39 is 0 Å². The smallest absolute Gasteiger partial charge is 0.139 e. The van der Waals surface area contributed by atoms with Gasteiger partial charge in [0.05, 0.1) is 5.56 Å². The molecule has 0 radical (unpaired) electrons. The summed E-state index contributed by atoms with van der Waals surface area (Å²) >= 11 is 0. The summed E-state index contributed by atoms with van der Waals surface area (Å²) in [4.78, 5) is 2.49. The molecule has 0 bridgehead atoms. The topological polar surface area (TPSA) is 62.3 Å². The van der Waals surface area contributed by atoms with Gasteiger partial charge in [0, 0.05) is 30.4 Å². The number of anilines is 1. The van der Waals surface area contributed by atoms with Crippen LogP contribution >= 0.6 is 0 Å². The van der Waals surface area contributed by atoms with Crippen molar-refractivity contribution in [2.45, 2.75) is 45.2 Å². The number of hydrogen-bond donors (Lipinski definition) is 1. The number of rotatable bonds is 4. The molecule has 1 heterocycles. The average molecular weight is 273 g/mol. The van der Waals surface area contributed by atoms with Crippen molar-refractivity contribution in [1.29, 1.82) is 5.26 Å². The first-order valence-corrected chi connectivity index (χ1v) is 7.30. The minimum atomic E-state index is 0.541. The summed E-state index contributed by atoms with van der Waals surface area (Å²) in [7, 11) is 0. The Bertz CT molecular complexity index is 485. The van der Waals surface area contributed by atoms with Crippen LogP contribution in [0.25, 0.3) is 0 Å². The van der Waals surface area contributed by atoms with Crippen LogP contribution in [-0.2, 0) is 0 Å². The lowest BCUT2D eigenvalue weighted by Gasteiger charge is -2.38. The molecule has 1 aromatic rings. The van der Waals surface area contributed by atoms with Crippen LogP contribution in [0.5, 0.6) is 5.75 Å². The minimum Gasteiger partial charge on any atom is -0.491 e. The maximum Gasteiger partial charge on any atom is 0.139 e. The predicted octanol–water partition coefficient (Wildman–Crippen LogP) is 2.78. The van der Waals surface area contributed by atoms with E-state index in [4.69, 9.17) is 15.7 Å². The number of nitrogens with zero attached hydrogens (tertiary/aromatic N) is 2. The number of nitrogens with two attached hydrogens (primary N) is 1. The fourth-order valence-corrected chi connectivity index (χ4v) is 2.93. The summed E-state index contributed by atoms with van der Waals surface area (Å²) in [5.41, 5.74) is 6.91. The molecule has 1 fully saturated rings. The van der Waals surface area contributed by atoms with Gasteiger partial charge in [0.15, 0.2) is 0 Å². The van der Waals surface area contributed by atoms with E-state index in [1.165, 1.54) is 19.3 Å². The third-order valence-corrected chi connectivity index (χ3v) is 4.11. The zero-order valence-electron chi connectivity index (χ0n) is 12.3. The van der Waals surface area contributed by atoms with Gasteiger partial charge >= 0.3 is 0 Å². The molecule has 0 amide bonds. The Morgan fingerprint density at radius 1 is 1.35 bits per heavy atom. The van der Waals surface area contributed by atoms with Gasteiger partial charge in [-0.1, -0.05) is 6.42 Å². The van der Waals surface area contributed by atoms with E-state index in [0.717, 1.165) is 6.54 Å². The molecule has 1 aliphatic heterocycles. The molecule has 4 nitrogen and oxygen atoms in total. The molecular formula is C16H23N3O. The summed E-state index contributed by atoms with van der Waals surface area (Å²) in [6, 6.07) is 8.51. The summed E-state index contributed by atoms with van der Waals surface area (Å²) in [5, 5.41) is 9.06. The van der Waals surface area contributed by atoms with Gasteiger partial charge in [-0.2, -0.15) is 5.26 Å². The van der Waals surface area contributed by atoms with Gasteiger partial charge in [0.2, 0.25) is 0 Å². The Labute approximate surface area is 121 Å². The molecule has 0 spiro atoms. The molecule has 0 unspecified atom stereocenters. The van der Waals surface area contributed by atoms with Crippen LogP contribution < -0.4 is 10.5 Å². The molecule has 0 aliphatic carbocycles. The number of ether oxygens (including phenoxy) is 1. The van der Waals surface area contributed by atoms with Gasteiger partial charge in [-0.25, -0.2) is 0 Å². The van der Waals surface area contributed by atoms with Crippen LogP contribution in [0.15, 0.2) is 18.2 Å². The standard InChI is InChI=1S/C16H23N3O/c1-12-4-3-5-13(2)19(12)8-9-20-16-10-15(18)7-6-14(16)11-17/h6-7,10,12-13H,3-5,8-9,18H2,1-2H3/t12-,13+. The first kappa shape index (κ1) is 14.7. The number of benzene rings is 1. The number of nitrogen functional groups attached to an aromatic ring is 1. The van der Waals surface area contributed by atoms with Crippen molar-refractivity contribution in [3.05, 3.63) is 23.8 Å². The summed E-state index contributed by atoms with van der Waals surface area (Å²) in [5.74, 6) is 0.588. The quantitative estimate of drug-likeness (QED) is 0.857. The van der Waals surface area contributed by atoms with Crippen molar-refractivity contribution < 1.29 is 4.74 Å². The van der Waals surface area contributed by atoms with Gasteiger partial charge in [0.25, 0.3) is 0 Å². The van der Waals surface area contributed by atoms with Crippen LogP contribution in [0.1, 0.15) is 38.7 Å². The normalized spacial score (nSPS) is 23.2. The molecule has 2 atom stereocenters. The Morgan fingerprint density at radius 2 is 2.05 bits per heavy atom. The van der Waals surface area contributed by atoms with Crippen LogP contribution in [0.2, 0.25) is 0 Å². The summed E-state index contributed by atoms with van der Waals surface area (Å²) < 4.78 is 5.76. The lowest BCUT2D eigenvalue weighted by molar-refractivity contribution is 0.0851. The van der Waals surface area contributed by atoms with Crippen molar-refractivity contribution in [1.82, 2.24) is 4.90 Å². The Balaban J connectivity index is 1.93. The third kappa shape index (κ3) is 3.43. The lowest BCUT2D eigenvalue weighted by atomic mass is 9.98. The van der Waals surface area contributed by atoms with E-state index in [-0.39, 0.29) is 0 Å². The highest BCUT2D eigenvalue weighted by molar-refractivity contribution is 5.52. The van der Waals surface area contributed by atoms with Crippen LogP contribution in [0, 0.1) is 11.3 Å². The maximum absolute atomic E-state index is 9.06. The Hall–Kier alpha value is -1.73. The van der Waals surface area contributed by atoms with Gasteiger partial charge in [0.1, 0.15) is 18.4 Å². The highest BCUT2D eigenvalue weighted by atomic mass is 16.5. The van der Waals surface area contributed by atoms with Crippen LogP contribution in [0.3, 0.4) is 0 Å². The van der Waals surface area contributed by atoms with Gasteiger partial charge < -0.3 is 10.5 Å². The molecule has 2 N–H and O–H groups in total. The van der Waals surface area contributed by atoms with Gasteiger partial charge in [-0.15, -0.1) is 0 Å². The zero-order chi connectivity index (χ0) is 14.5. The number of nitriles is 1. The molecule has 1 aromatic carbocycles. The second kappa shape index (κ2) is 6.62. The van der Waals surface area contributed by atoms with Crippen molar-refractivity contribution >= 4 is 5.69 Å². The first-order chi connectivity index (χ1) is 9.61. The Kier molecular flexibility index (Phi) is 4.86. The second-order valence-corrected chi connectivity index (χ2v) is 5.58. The zero-order valence-corrected chi connectivity index (χ0v) is 12.3. The highest BCUT2D eigenvalue weighted by Gasteiger charge is 2.24. The SMILES string of the molecule is C[C@@H]1CCC[C@H](C)N1CCOc1cc(N)ccc1C#N. The van der Waals surface area contributed by atoms with E-state index in [2.05, 4.69) is 24.8 Å². The van der Waals surface area contributed by atoms with Crippen molar-refractivity contribution in [2.24, 2.45) is 0 Å². The largest absolute Gasteiger partial charge is 0.491 e. The minimum absolute atomic E-state index is 0.541. The first-order valence-electron chi connectivity index (χ1n) is 7.30. The number of hydrogen-bond acceptors (Lipinski definition) is 4. The average Bonchev–Trinajstić information content (AvgIpc) is 2.42. The van der Waals surface area contributed by atoms with Crippen molar-refractivity contribution in [3.63, 3.8) is 0 Å². The highest BCUT2D eigenvalue weighted by Crippen LogP contribution is 2.23. The monoisotopic (exact) mass is 273 g/mol. The molecule has 0 aromatic heterocycles. The number of likely N-dealkylation sites (tertiary alicyclic amines) is 1. The number of piperidine rings is 1. The molecule has 20 heavy (non-hydrogen) atoms. The molecule has 1 aliphatic rings. The van der Waals surface area contributed by atoms with E-state index in [1.54, 1.807) is 18.2 Å². The molecule has 108 valence electrons. The molecular weight excluding hydrogens is 250 g/mol. The van der Waals surface area contributed by atoms with Crippen LogP contribution in [0.4, 0.5) is 5.69 Å². The van der Waals surface area contributed by atoms with Crippen molar-refractivity contribution in [2.75, 3.05) is 18.9 Å². The predicted molar refractivity (Wildman–Crippen MR) is 80.5 cm³/mol. The lowest BCUT2D eigenvalue weighted by Crippen LogP contribution is -2.45. The molecule has 0 saturated carbocycles. The fourth-order valence-electron chi connectivity index (χ4n) is 2.93. The Morgan fingerprint density at radius 3 is 2.70 bits per heavy atom. The second-order valence-electron chi connectivity index (χ2n) is 5.58. The molecule has 4 heteroatoms. The van der Waals surface area contributed by atoms with E-state index in [0.29, 0.717) is 35.7 Å². The molecule has 2 rings (SSSR count). The summed E-state index contributed by atoms with van der Waals surface area (Å²) in [6.07, 6.45) is 3.83. The van der Waals surface area contributed by atoms with Gasteiger partial charge in [-0.05, 0) is 38.8 Å². The van der Waals surface area contributed by atoms with E-state index >= 15 is 0 Å². The third-order valence-electron chi connectivity index (χ3n) is 4.11. The molecule has 1 saturated heterocycles. The van der Waals surface area contributed by atoms with Crippen LogP contribution in [-0.4, -0.2) is 30.1 Å². The van der Waals surface area contributed by atoms with Crippen molar-refractivity contribution in [3.8, 4) is 11.8 Å². The van der Waals surface area contributed by atoms with E-state index in [9.17, 15) is 0 Å².